The van der Waals surface area contributed by atoms with E-state index in [1.54, 1.807) is 0 Å². The summed E-state index contributed by atoms with van der Waals surface area (Å²) in [6, 6.07) is 0. The molecule has 17 heavy (non-hydrogen) atoms. The van der Waals surface area contributed by atoms with Gasteiger partial charge in [-0.3, -0.25) is 4.79 Å². The average molecular weight is 263 g/mol. The van der Waals surface area contributed by atoms with Gasteiger partial charge in [-0.2, -0.15) is 0 Å². The first-order valence-electron chi connectivity index (χ1n) is 6.33. The number of nitrogens with one attached hydrogen (secondary N) is 2. The molecule has 0 spiro atoms. The Morgan fingerprint density at radius 2 is 2.06 bits per heavy atom. The standard InChI is InChI=1S/C13H26N2O.ClH/c1-12(2,3)7-9-15-11(16)13(4)6-5-8-14-10-13;/h14H,5-10H2,1-4H3,(H,15,16);1H. The van der Waals surface area contributed by atoms with E-state index in [1.165, 1.54) is 0 Å². The normalized spacial score (nSPS) is 24.9. The summed E-state index contributed by atoms with van der Waals surface area (Å²) >= 11 is 0. The summed E-state index contributed by atoms with van der Waals surface area (Å²) in [5.74, 6) is 0.212. The molecule has 1 rings (SSSR count). The highest BCUT2D eigenvalue weighted by molar-refractivity contribution is 5.85. The van der Waals surface area contributed by atoms with Gasteiger partial charge in [0.1, 0.15) is 0 Å². The van der Waals surface area contributed by atoms with Gasteiger partial charge in [0.05, 0.1) is 5.41 Å². The van der Waals surface area contributed by atoms with Crippen LogP contribution in [0.2, 0.25) is 0 Å². The monoisotopic (exact) mass is 262 g/mol. The number of carbonyl (C=O) groups excluding carboxylic acids is 1. The van der Waals surface area contributed by atoms with Crippen molar-refractivity contribution >= 4 is 18.3 Å². The van der Waals surface area contributed by atoms with Crippen molar-refractivity contribution in [3.05, 3.63) is 0 Å². The molecule has 1 heterocycles. The highest BCUT2D eigenvalue weighted by Crippen LogP contribution is 2.25. The van der Waals surface area contributed by atoms with Crippen LogP contribution in [0.15, 0.2) is 0 Å². The molecular formula is C13H27ClN2O. The number of hydrogen-bond donors (Lipinski definition) is 2. The third-order valence-corrected chi connectivity index (χ3v) is 3.31. The summed E-state index contributed by atoms with van der Waals surface area (Å²) in [5, 5.41) is 6.37. The van der Waals surface area contributed by atoms with E-state index in [0.717, 1.165) is 38.9 Å². The second kappa shape index (κ2) is 6.60. The molecule has 1 amide bonds. The van der Waals surface area contributed by atoms with Gasteiger partial charge in [0.25, 0.3) is 0 Å². The maximum absolute atomic E-state index is 12.1. The van der Waals surface area contributed by atoms with Crippen LogP contribution < -0.4 is 10.6 Å². The molecule has 0 saturated carbocycles. The van der Waals surface area contributed by atoms with Crippen LogP contribution in [0.5, 0.6) is 0 Å². The minimum absolute atomic E-state index is 0. The van der Waals surface area contributed by atoms with Crippen molar-refractivity contribution < 1.29 is 4.79 Å². The predicted molar refractivity (Wildman–Crippen MR) is 74.5 cm³/mol. The molecule has 0 aromatic heterocycles. The average Bonchev–Trinajstić information content (AvgIpc) is 2.16. The number of halogens is 1. The molecule has 1 atom stereocenters. The molecule has 1 saturated heterocycles. The lowest BCUT2D eigenvalue weighted by Crippen LogP contribution is -2.49. The van der Waals surface area contributed by atoms with E-state index in [4.69, 9.17) is 0 Å². The highest BCUT2D eigenvalue weighted by atomic mass is 35.5. The number of carbonyl (C=O) groups is 1. The van der Waals surface area contributed by atoms with Crippen LogP contribution in [0.1, 0.15) is 47.0 Å². The molecule has 102 valence electrons. The molecule has 0 aliphatic carbocycles. The quantitative estimate of drug-likeness (QED) is 0.820. The Balaban J connectivity index is 0.00000256. The predicted octanol–water partition coefficient (Wildman–Crippen LogP) is 2.35. The second-order valence-corrected chi connectivity index (χ2v) is 6.41. The Labute approximate surface area is 112 Å². The van der Waals surface area contributed by atoms with Crippen molar-refractivity contribution in [2.24, 2.45) is 10.8 Å². The first-order valence-corrected chi connectivity index (χ1v) is 6.33. The molecule has 1 fully saturated rings. The summed E-state index contributed by atoms with van der Waals surface area (Å²) < 4.78 is 0. The largest absolute Gasteiger partial charge is 0.356 e. The molecule has 2 N–H and O–H groups in total. The van der Waals surface area contributed by atoms with Crippen LogP contribution in [0.3, 0.4) is 0 Å². The molecule has 0 radical (unpaired) electrons. The van der Waals surface area contributed by atoms with E-state index in [1.807, 2.05) is 0 Å². The lowest BCUT2D eigenvalue weighted by Gasteiger charge is -2.33. The van der Waals surface area contributed by atoms with E-state index in [0.29, 0.717) is 5.41 Å². The molecule has 1 aliphatic heterocycles. The van der Waals surface area contributed by atoms with Gasteiger partial charge >= 0.3 is 0 Å². The fourth-order valence-corrected chi connectivity index (χ4v) is 2.01. The maximum atomic E-state index is 12.1. The SMILES string of the molecule is CC(C)(C)CCNC(=O)C1(C)CCCNC1.Cl. The maximum Gasteiger partial charge on any atom is 0.227 e. The Bertz CT molecular complexity index is 242. The molecule has 1 unspecified atom stereocenters. The van der Waals surface area contributed by atoms with Gasteiger partial charge in [-0.05, 0) is 38.1 Å². The van der Waals surface area contributed by atoms with Crippen molar-refractivity contribution in [3.8, 4) is 0 Å². The zero-order chi connectivity index (χ0) is 12.2. The lowest BCUT2D eigenvalue weighted by molar-refractivity contribution is -0.131. The van der Waals surface area contributed by atoms with E-state index < -0.39 is 0 Å². The minimum atomic E-state index is -0.198. The van der Waals surface area contributed by atoms with E-state index in [-0.39, 0.29) is 23.7 Å². The second-order valence-electron chi connectivity index (χ2n) is 6.41. The van der Waals surface area contributed by atoms with Crippen molar-refractivity contribution in [2.45, 2.75) is 47.0 Å². The van der Waals surface area contributed by atoms with E-state index >= 15 is 0 Å². The zero-order valence-corrected chi connectivity index (χ0v) is 12.4. The van der Waals surface area contributed by atoms with Gasteiger partial charge < -0.3 is 10.6 Å². The third kappa shape index (κ3) is 5.73. The summed E-state index contributed by atoms with van der Waals surface area (Å²) in [6.07, 6.45) is 3.13. The summed E-state index contributed by atoms with van der Waals surface area (Å²) in [5.41, 5.74) is 0.0924. The molecule has 0 aromatic carbocycles. The fraction of sp³-hybridized carbons (Fsp3) is 0.923. The van der Waals surface area contributed by atoms with Crippen LogP contribution in [-0.2, 0) is 4.79 Å². The van der Waals surface area contributed by atoms with E-state index in [2.05, 4.69) is 38.3 Å². The zero-order valence-electron chi connectivity index (χ0n) is 11.6. The topological polar surface area (TPSA) is 41.1 Å². The van der Waals surface area contributed by atoms with Crippen LogP contribution >= 0.6 is 12.4 Å². The number of piperidine rings is 1. The fourth-order valence-electron chi connectivity index (χ4n) is 2.01. The first kappa shape index (κ1) is 16.7. The highest BCUT2D eigenvalue weighted by Gasteiger charge is 2.34. The minimum Gasteiger partial charge on any atom is -0.356 e. The number of amides is 1. The molecular weight excluding hydrogens is 236 g/mol. The van der Waals surface area contributed by atoms with E-state index in [9.17, 15) is 4.79 Å². The number of rotatable bonds is 3. The van der Waals surface area contributed by atoms with Crippen LogP contribution in [0, 0.1) is 10.8 Å². The molecule has 3 nitrogen and oxygen atoms in total. The van der Waals surface area contributed by atoms with Gasteiger partial charge in [-0.1, -0.05) is 20.8 Å². The molecule has 0 bridgehead atoms. The summed E-state index contributed by atoms with van der Waals surface area (Å²) in [6.45, 7) is 11.3. The Morgan fingerprint density at radius 3 is 2.53 bits per heavy atom. The van der Waals surface area contributed by atoms with Gasteiger partial charge in [0.2, 0.25) is 5.91 Å². The smallest absolute Gasteiger partial charge is 0.227 e. The van der Waals surface area contributed by atoms with Gasteiger partial charge in [0.15, 0.2) is 0 Å². The Morgan fingerprint density at radius 1 is 1.41 bits per heavy atom. The van der Waals surface area contributed by atoms with Gasteiger partial charge in [-0.15, -0.1) is 12.4 Å². The summed E-state index contributed by atoms with van der Waals surface area (Å²) in [7, 11) is 0. The van der Waals surface area contributed by atoms with Crippen molar-refractivity contribution in [3.63, 3.8) is 0 Å². The van der Waals surface area contributed by atoms with Crippen LogP contribution in [0.4, 0.5) is 0 Å². The van der Waals surface area contributed by atoms with Gasteiger partial charge in [-0.25, -0.2) is 0 Å². The first-order chi connectivity index (χ1) is 7.33. The van der Waals surface area contributed by atoms with Gasteiger partial charge in [0, 0.05) is 13.1 Å². The van der Waals surface area contributed by atoms with Crippen LogP contribution in [-0.4, -0.2) is 25.5 Å². The van der Waals surface area contributed by atoms with Crippen LogP contribution in [0.25, 0.3) is 0 Å². The van der Waals surface area contributed by atoms with Crippen molar-refractivity contribution in [2.75, 3.05) is 19.6 Å². The Hall–Kier alpha value is -0.280. The van der Waals surface area contributed by atoms with Crippen molar-refractivity contribution in [1.29, 1.82) is 0 Å². The molecule has 0 aromatic rings. The van der Waals surface area contributed by atoms with Crippen molar-refractivity contribution in [1.82, 2.24) is 10.6 Å². The molecule has 4 heteroatoms. The number of hydrogen-bond acceptors (Lipinski definition) is 2. The molecule has 1 aliphatic rings. The lowest BCUT2D eigenvalue weighted by atomic mass is 9.81. The summed E-state index contributed by atoms with van der Waals surface area (Å²) in [4.78, 5) is 12.1. The Kier molecular flexibility index (Phi) is 6.49. The third-order valence-electron chi connectivity index (χ3n) is 3.31.